The molecule has 0 heterocycles. The maximum atomic E-state index is 12.1. The summed E-state index contributed by atoms with van der Waals surface area (Å²) in [5, 5.41) is 14.2. The number of rotatable bonds is 9. The molecule has 0 spiro atoms. The second kappa shape index (κ2) is 9.52. The van der Waals surface area contributed by atoms with E-state index in [4.69, 9.17) is 11.6 Å². The fourth-order valence-corrected chi connectivity index (χ4v) is 3.72. The zero-order chi connectivity index (χ0) is 20.7. The first-order valence-electron chi connectivity index (χ1n) is 8.41. The summed E-state index contributed by atoms with van der Waals surface area (Å²) in [6.07, 6.45) is 1.37. The van der Waals surface area contributed by atoms with Gasteiger partial charge in [0.15, 0.2) is 0 Å². The van der Waals surface area contributed by atoms with E-state index >= 15 is 0 Å². The number of halogens is 1. The number of sulfonamides is 1. The Hall–Kier alpha value is -2.65. The van der Waals surface area contributed by atoms with Crippen LogP contribution < -0.4 is 9.62 Å². The molecule has 2 aromatic carbocycles. The predicted molar refractivity (Wildman–Crippen MR) is 108 cm³/mol. The van der Waals surface area contributed by atoms with Crippen molar-refractivity contribution >= 4 is 38.9 Å². The average Bonchev–Trinajstić information content (AvgIpc) is 2.63. The van der Waals surface area contributed by atoms with Crippen LogP contribution in [0.4, 0.5) is 11.4 Å². The summed E-state index contributed by atoms with van der Waals surface area (Å²) in [6, 6.07) is 12.5. The van der Waals surface area contributed by atoms with Gasteiger partial charge in [0.1, 0.15) is 0 Å². The van der Waals surface area contributed by atoms with Crippen LogP contribution in [0.5, 0.6) is 0 Å². The summed E-state index contributed by atoms with van der Waals surface area (Å²) in [5.41, 5.74) is 0.767. The van der Waals surface area contributed by atoms with Crippen molar-refractivity contribution in [3.05, 3.63) is 69.2 Å². The SMILES string of the molecule is CS(=O)(=O)N(CCCC(=O)NCc1ccccc1Cl)c1cccc([N+](=O)[O-])c1. The van der Waals surface area contributed by atoms with Crippen LogP contribution in [0.25, 0.3) is 0 Å². The number of carbonyl (C=O) groups excluding carboxylic acids is 1. The van der Waals surface area contributed by atoms with E-state index in [-0.39, 0.29) is 43.2 Å². The Morgan fingerprint density at radius 1 is 1.21 bits per heavy atom. The van der Waals surface area contributed by atoms with Crippen molar-refractivity contribution in [1.82, 2.24) is 5.32 Å². The van der Waals surface area contributed by atoms with Crippen molar-refractivity contribution in [2.75, 3.05) is 17.1 Å². The average molecular weight is 426 g/mol. The summed E-state index contributed by atoms with van der Waals surface area (Å²) >= 11 is 6.03. The lowest BCUT2D eigenvalue weighted by Crippen LogP contribution is -2.32. The monoisotopic (exact) mass is 425 g/mol. The topological polar surface area (TPSA) is 110 Å². The first-order chi connectivity index (χ1) is 13.2. The number of nitrogens with one attached hydrogen (secondary N) is 1. The van der Waals surface area contributed by atoms with Gasteiger partial charge in [0.2, 0.25) is 15.9 Å². The van der Waals surface area contributed by atoms with E-state index in [9.17, 15) is 23.3 Å². The molecule has 0 aromatic heterocycles. The van der Waals surface area contributed by atoms with Crippen LogP contribution in [-0.4, -0.2) is 32.0 Å². The van der Waals surface area contributed by atoms with Gasteiger partial charge in [0.25, 0.3) is 5.69 Å². The van der Waals surface area contributed by atoms with Crippen LogP contribution in [-0.2, 0) is 21.4 Å². The van der Waals surface area contributed by atoms with Gasteiger partial charge in [-0.15, -0.1) is 0 Å². The molecule has 0 aliphatic rings. The lowest BCUT2D eigenvalue weighted by Gasteiger charge is -2.22. The van der Waals surface area contributed by atoms with Crippen LogP contribution >= 0.6 is 11.6 Å². The lowest BCUT2D eigenvalue weighted by atomic mass is 10.2. The number of amides is 1. The van der Waals surface area contributed by atoms with Gasteiger partial charge in [-0.1, -0.05) is 35.9 Å². The largest absolute Gasteiger partial charge is 0.352 e. The minimum Gasteiger partial charge on any atom is -0.352 e. The van der Waals surface area contributed by atoms with E-state index in [1.54, 1.807) is 18.2 Å². The van der Waals surface area contributed by atoms with Crippen molar-refractivity contribution in [3.63, 3.8) is 0 Å². The summed E-state index contributed by atoms with van der Waals surface area (Å²) < 4.78 is 25.2. The number of anilines is 1. The highest BCUT2D eigenvalue weighted by atomic mass is 35.5. The van der Waals surface area contributed by atoms with Crippen molar-refractivity contribution in [2.24, 2.45) is 0 Å². The van der Waals surface area contributed by atoms with Crippen molar-refractivity contribution < 1.29 is 18.1 Å². The molecule has 0 fully saturated rings. The number of carbonyl (C=O) groups is 1. The Morgan fingerprint density at radius 3 is 2.57 bits per heavy atom. The molecular formula is C18H20ClN3O5S. The Labute approximate surface area is 168 Å². The quantitative estimate of drug-likeness (QED) is 0.490. The third kappa shape index (κ3) is 6.21. The molecule has 150 valence electrons. The van der Waals surface area contributed by atoms with E-state index in [1.807, 2.05) is 6.07 Å². The van der Waals surface area contributed by atoms with Crippen LogP contribution in [0.1, 0.15) is 18.4 Å². The molecule has 0 atom stereocenters. The number of nitro groups is 1. The highest BCUT2D eigenvalue weighted by Crippen LogP contribution is 2.23. The van der Waals surface area contributed by atoms with Crippen LogP contribution in [0, 0.1) is 10.1 Å². The molecule has 0 saturated heterocycles. The Kier molecular flexibility index (Phi) is 7.36. The highest BCUT2D eigenvalue weighted by molar-refractivity contribution is 7.92. The molecule has 10 heteroatoms. The second-order valence-corrected chi connectivity index (χ2v) is 8.40. The van der Waals surface area contributed by atoms with Gasteiger partial charge in [-0.3, -0.25) is 19.2 Å². The fraction of sp³-hybridized carbons (Fsp3) is 0.278. The lowest BCUT2D eigenvalue weighted by molar-refractivity contribution is -0.384. The molecular weight excluding hydrogens is 406 g/mol. The van der Waals surface area contributed by atoms with Crippen molar-refractivity contribution in [1.29, 1.82) is 0 Å². The normalized spacial score (nSPS) is 11.1. The molecule has 8 nitrogen and oxygen atoms in total. The summed E-state index contributed by atoms with van der Waals surface area (Å²) in [5.74, 6) is -0.243. The zero-order valence-corrected chi connectivity index (χ0v) is 16.7. The first kappa shape index (κ1) is 21.6. The van der Waals surface area contributed by atoms with Gasteiger partial charge in [0, 0.05) is 36.7 Å². The van der Waals surface area contributed by atoms with Crippen molar-refractivity contribution in [3.8, 4) is 0 Å². The van der Waals surface area contributed by atoms with Gasteiger partial charge < -0.3 is 5.32 Å². The van der Waals surface area contributed by atoms with Gasteiger partial charge >= 0.3 is 0 Å². The summed E-state index contributed by atoms with van der Waals surface area (Å²) in [7, 11) is -3.66. The van der Waals surface area contributed by atoms with E-state index in [2.05, 4.69) is 5.32 Å². The summed E-state index contributed by atoms with van der Waals surface area (Å²) in [4.78, 5) is 22.4. The molecule has 2 rings (SSSR count). The number of hydrogen-bond acceptors (Lipinski definition) is 5. The van der Waals surface area contributed by atoms with E-state index < -0.39 is 14.9 Å². The van der Waals surface area contributed by atoms with Gasteiger partial charge in [-0.05, 0) is 24.1 Å². The second-order valence-electron chi connectivity index (χ2n) is 6.08. The van der Waals surface area contributed by atoms with E-state index in [1.165, 1.54) is 24.3 Å². The molecule has 0 aliphatic carbocycles. The smallest absolute Gasteiger partial charge is 0.271 e. The van der Waals surface area contributed by atoms with Gasteiger partial charge in [-0.2, -0.15) is 0 Å². The molecule has 2 aromatic rings. The molecule has 0 bridgehead atoms. The molecule has 0 unspecified atom stereocenters. The molecule has 0 saturated carbocycles. The maximum Gasteiger partial charge on any atom is 0.271 e. The van der Waals surface area contributed by atoms with Gasteiger partial charge in [-0.25, -0.2) is 8.42 Å². The molecule has 28 heavy (non-hydrogen) atoms. The highest BCUT2D eigenvalue weighted by Gasteiger charge is 2.19. The number of benzene rings is 2. The molecule has 1 N–H and O–H groups in total. The maximum absolute atomic E-state index is 12.1. The Balaban J connectivity index is 1.95. The number of nitrogens with zero attached hydrogens (tertiary/aromatic N) is 2. The first-order valence-corrected chi connectivity index (χ1v) is 10.6. The molecule has 0 radical (unpaired) electrons. The number of nitro benzene ring substituents is 1. The van der Waals surface area contributed by atoms with Crippen LogP contribution in [0.15, 0.2) is 48.5 Å². The van der Waals surface area contributed by atoms with Crippen molar-refractivity contribution in [2.45, 2.75) is 19.4 Å². The Morgan fingerprint density at radius 2 is 1.93 bits per heavy atom. The van der Waals surface area contributed by atoms with E-state index in [0.717, 1.165) is 16.1 Å². The zero-order valence-electron chi connectivity index (χ0n) is 15.2. The van der Waals surface area contributed by atoms with Crippen LogP contribution in [0.2, 0.25) is 5.02 Å². The third-order valence-electron chi connectivity index (χ3n) is 3.93. The minimum atomic E-state index is -3.66. The van der Waals surface area contributed by atoms with Crippen LogP contribution in [0.3, 0.4) is 0 Å². The van der Waals surface area contributed by atoms with Gasteiger partial charge in [0.05, 0.1) is 16.9 Å². The molecule has 0 aliphatic heterocycles. The number of hydrogen-bond donors (Lipinski definition) is 1. The molecule has 1 amide bonds. The summed E-state index contributed by atoms with van der Waals surface area (Å²) in [6.45, 7) is 0.304. The minimum absolute atomic E-state index is 0.0273. The van der Waals surface area contributed by atoms with E-state index in [0.29, 0.717) is 5.02 Å². The Bertz CT molecular complexity index is 965. The number of non-ortho nitro benzene ring substituents is 1. The predicted octanol–water partition coefficient (Wildman–Crippen LogP) is 3.11. The standard InChI is InChI=1S/C18H20ClN3O5S/c1-28(26,27)21(15-7-4-8-16(12-15)22(24)25)11-5-10-18(23)20-13-14-6-2-3-9-17(14)19/h2-4,6-9,12H,5,10-11,13H2,1H3,(H,20,23). The fourth-order valence-electron chi connectivity index (χ4n) is 2.56. The third-order valence-corrected chi connectivity index (χ3v) is 5.49.